The number of nitrogens with zero attached hydrogens (tertiary/aromatic N) is 2. The number of nitro groups is 1. The Morgan fingerprint density at radius 1 is 1.47 bits per heavy atom. The molecule has 0 atom stereocenters. The number of hydrogen-bond donors (Lipinski definition) is 1. The quantitative estimate of drug-likeness (QED) is 0.644. The Bertz CT molecular complexity index is 463. The number of hydrogen-bond acceptors (Lipinski definition) is 4. The number of benzene rings is 1. The molecule has 1 aromatic carbocycles. The molecule has 0 saturated heterocycles. The predicted molar refractivity (Wildman–Crippen MR) is 77.0 cm³/mol. The highest BCUT2D eigenvalue weighted by atomic mass is 35.5. The molecule has 0 aromatic heterocycles. The highest BCUT2D eigenvalue weighted by Gasteiger charge is 2.19. The molecule has 5 nitrogen and oxygen atoms in total. The molecule has 0 aliphatic heterocycles. The van der Waals surface area contributed by atoms with E-state index in [1.54, 1.807) is 6.07 Å². The highest BCUT2D eigenvalue weighted by molar-refractivity contribution is 6.33. The summed E-state index contributed by atoms with van der Waals surface area (Å²) in [5.74, 6) is 0. The predicted octanol–water partition coefficient (Wildman–Crippen LogP) is 3.15. The number of anilines is 1. The summed E-state index contributed by atoms with van der Waals surface area (Å²) >= 11 is 5.96. The van der Waals surface area contributed by atoms with Gasteiger partial charge in [-0.05, 0) is 38.8 Å². The monoisotopic (exact) mass is 286 g/mol. The average molecular weight is 287 g/mol. The van der Waals surface area contributed by atoms with Crippen LogP contribution >= 0.6 is 11.6 Å². The minimum atomic E-state index is -0.480. The van der Waals surface area contributed by atoms with Gasteiger partial charge in [0, 0.05) is 30.9 Å². The third-order valence-corrected chi connectivity index (χ3v) is 3.25. The topological polar surface area (TPSA) is 66.6 Å². The first-order valence-corrected chi connectivity index (χ1v) is 6.58. The molecule has 0 unspecified atom stereocenters. The van der Waals surface area contributed by atoms with Gasteiger partial charge in [-0.3, -0.25) is 10.1 Å². The Morgan fingerprint density at radius 2 is 2.11 bits per heavy atom. The van der Waals surface area contributed by atoms with Gasteiger partial charge < -0.3 is 10.0 Å². The zero-order chi connectivity index (χ0) is 14.6. The van der Waals surface area contributed by atoms with E-state index < -0.39 is 4.92 Å². The first kappa shape index (κ1) is 15.7. The number of rotatable bonds is 6. The van der Waals surface area contributed by atoms with Gasteiger partial charge in [-0.2, -0.15) is 0 Å². The molecule has 0 fully saturated rings. The van der Waals surface area contributed by atoms with Gasteiger partial charge in [0.15, 0.2) is 0 Å². The molecule has 0 bridgehead atoms. The molecule has 1 rings (SSSR count). The molecule has 0 aliphatic rings. The van der Waals surface area contributed by atoms with Gasteiger partial charge in [0.25, 0.3) is 5.69 Å². The zero-order valence-corrected chi connectivity index (χ0v) is 12.1. The molecule has 1 aromatic rings. The normalized spacial score (nSPS) is 10.8. The summed E-state index contributed by atoms with van der Waals surface area (Å²) in [6, 6.07) is 3.35. The minimum Gasteiger partial charge on any atom is -0.396 e. The summed E-state index contributed by atoms with van der Waals surface area (Å²) in [5.41, 5.74) is 1.61. The number of aliphatic hydroxyl groups is 1. The lowest BCUT2D eigenvalue weighted by Crippen LogP contribution is -2.32. The number of nitro benzene ring substituents is 1. The van der Waals surface area contributed by atoms with Crippen molar-refractivity contribution < 1.29 is 10.0 Å². The van der Waals surface area contributed by atoms with Crippen LogP contribution in [0.15, 0.2) is 12.1 Å². The largest absolute Gasteiger partial charge is 0.396 e. The van der Waals surface area contributed by atoms with Gasteiger partial charge in [0.05, 0.1) is 4.92 Å². The van der Waals surface area contributed by atoms with E-state index in [0.29, 0.717) is 13.0 Å². The molecule has 106 valence electrons. The van der Waals surface area contributed by atoms with Gasteiger partial charge in [0.1, 0.15) is 5.02 Å². The fourth-order valence-corrected chi connectivity index (χ4v) is 2.23. The van der Waals surface area contributed by atoms with Crippen molar-refractivity contribution in [2.24, 2.45) is 0 Å². The second-order valence-electron chi connectivity index (χ2n) is 4.71. The minimum absolute atomic E-state index is 0.0752. The molecule has 1 N–H and O–H groups in total. The summed E-state index contributed by atoms with van der Waals surface area (Å²) in [6.45, 7) is 6.69. The third-order valence-electron chi connectivity index (χ3n) is 2.95. The van der Waals surface area contributed by atoms with Crippen molar-refractivity contribution >= 4 is 23.0 Å². The van der Waals surface area contributed by atoms with Crippen LogP contribution in [0, 0.1) is 17.0 Å². The number of aryl methyl sites for hydroxylation is 1. The Kier molecular flexibility index (Phi) is 5.57. The van der Waals surface area contributed by atoms with E-state index in [-0.39, 0.29) is 23.4 Å². The lowest BCUT2D eigenvalue weighted by atomic mass is 10.1. The molecule has 6 heteroatoms. The van der Waals surface area contributed by atoms with Crippen molar-refractivity contribution in [3.05, 3.63) is 32.8 Å². The van der Waals surface area contributed by atoms with Crippen LogP contribution in [0.4, 0.5) is 11.4 Å². The van der Waals surface area contributed by atoms with Crippen LogP contribution < -0.4 is 4.90 Å². The highest BCUT2D eigenvalue weighted by Crippen LogP contribution is 2.33. The van der Waals surface area contributed by atoms with Crippen LogP contribution in [0.1, 0.15) is 25.8 Å². The zero-order valence-electron chi connectivity index (χ0n) is 11.4. The first-order valence-electron chi connectivity index (χ1n) is 6.20. The maximum atomic E-state index is 10.8. The maximum Gasteiger partial charge on any atom is 0.288 e. The van der Waals surface area contributed by atoms with E-state index in [1.807, 2.05) is 20.8 Å². The molecule has 0 aliphatic carbocycles. The fraction of sp³-hybridized carbons (Fsp3) is 0.538. The maximum absolute atomic E-state index is 10.8. The molecule has 0 saturated carbocycles. The van der Waals surface area contributed by atoms with Crippen LogP contribution in [0.3, 0.4) is 0 Å². The molecule has 0 heterocycles. The second kappa shape index (κ2) is 6.73. The smallest absolute Gasteiger partial charge is 0.288 e. The summed E-state index contributed by atoms with van der Waals surface area (Å²) in [6.07, 6.45) is 0.645. The van der Waals surface area contributed by atoms with E-state index in [2.05, 4.69) is 4.90 Å². The molecule has 0 radical (unpaired) electrons. The Balaban J connectivity index is 3.17. The average Bonchev–Trinajstić information content (AvgIpc) is 2.32. The van der Waals surface area contributed by atoms with E-state index in [1.165, 1.54) is 6.07 Å². The summed E-state index contributed by atoms with van der Waals surface area (Å²) < 4.78 is 0. The standard InChI is InChI=1S/C13H19ClN2O3/c1-9(2)15(5-4-6-17)12-8-11(14)13(16(18)19)7-10(12)3/h7-9,17H,4-6H2,1-3H3. The van der Waals surface area contributed by atoms with E-state index >= 15 is 0 Å². The van der Waals surface area contributed by atoms with Crippen molar-refractivity contribution in [3.8, 4) is 0 Å². The Hall–Kier alpha value is -1.33. The molecular formula is C13H19ClN2O3. The lowest BCUT2D eigenvalue weighted by molar-refractivity contribution is -0.384. The van der Waals surface area contributed by atoms with Crippen molar-refractivity contribution in [3.63, 3.8) is 0 Å². The molecular weight excluding hydrogens is 268 g/mol. The Morgan fingerprint density at radius 3 is 2.58 bits per heavy atom. The van der Waals surface area contributed by atoms with Crippen molar-refractivity contribution in [2.75, 3.05) is 18.1 Å². The molecule has 0 amide bonds. The van der Waals surface area contributed by atoms with Crippen LogP contribution in [-0.2, 0) is 0 Å². The fourth-order valence-electron chi connectivity index (χ4n) is 2.00. The number of aliphatic hydroxyl groups excluding tert-OH is 1. The van der Waals surface area contributed by atoms with E-state index in [0.717, 1.165) is 11.3 Å². The summed E-state index contributed by atoms with van der Waals surface area (Å²) in [7, 11) is 0. The van der Waals surface area contributed by atoms with Gasteiger partial charge in [-0.25, -0.2) is 0 Å². The van der Waals surface area contributed by atoms with Crippen LogP contribution in [-0.4, -0.2) is 29.2 Å². The Labute approximate surface area is 117 Å². The van der Waals surface area contributed by atoms with Crippen molar-refractivity contribution in [1.82, 2.24) is 0 Å². The molecule has 19 heavy (non-hydrogen) atoms. The molecule has 0 spiro atoms. The summed E-state index contributed by atoms with van der Waals surface area (Å²) in [5, 5.41) is 19.9. The summed E-state index contributed by atoms with van der Waals surface area (Å²) in [4.78, 5) is 12.4. The second-order valence-corrected chi connectivity index (χ2v) is 5.12. The number of halogens is 1. The van der Waals surface area contributed by atoms with Gasteiger partial charge in [0.2, 0.25) is 0 Å². The van der Waals surface area contributed by atoms with Crippen LogP contribution in [0.25, 0.3) is 0 Å². The van der Waals surface area contributed by atoms with Gasteiger partial charge in [-0.15, -0.1) is 0 Å². The lowest BCUT2D eigenvalue weighted by Gasteiger charge is -2.30. The van der Waals surface area contributed by atoms with Gasteiger partial charge in [-0.1, -0.05) is 11.6 Å². The van der Waals surface area contributed by atoms with Crippen LogP contribution in [0.5, 0.6) is 0 Å². The van der Waals surface area contributed by atoms with Gasteiger partial charge >= 0.3 is 0 Å². The van der Waals surface area contributed by atoms with Crippen molar-refractivity contribution in [2.45, 2.75) is 33.2 Å². The van der Waals surface area contributed by atoms with E-state index in [9.17, 15) is 10.1 Å². The van der Waals surface area contributed by atoms with E-state index in [4.69, 9.17) is 16.7 Å². The van der Waals surface area contributed by atoms with Crippen molar-refractivity contribution in [1.29, 1.82) is 0 Å². The van der Waals surface area contributed by atoms with Crippen LogP contribution in [0.2, 0.25) is 5.02 Å². The third kappa shape index (κ3) is 3.81. The SMILES string of the molecule is Cc1cc([N+](=O)[O-])c(Cl)cc1N(CCCO)C(C)C. The first-order chi connectivity index (χ1) is 8.88.